The first-order valence-electron chi connectivity index (χ1n) is 4.02. The largest absolute Gasteiger partial charge is 0.394 e. The molecule has 1 unspecified atom stereocenters. The molecule has 0 aromatic carbocycles. The zero-order chi connectivity index (χ0) is 10.6. The summed E-state index contributed by atoms with van der Waals surface area (Å²) < 4.78 is 5.96. The van der Waals surface area contributed by atoms with E-state index in [0.717, 1.165) is 0 Å². The van der Waals surface area contributed by atoms with E-state index in [-0.39, 0.29) is 19.0 Å². The van der Waals surface area contributed by atoms with E-state index in [1.165, 1.54) is 16.8 Å². The maximum absolute atomic E-state index is 11.2. The van der Waals surface area contributed by atoms with Gasteiger partial charge in [0, 0.05) is 6.20 Å². The van der Waals surface area contributed by atoms with E-state index in [2.05, 4.69) is 16.8 Å². The Morgan fingerprint density at radius 1 is 1.79 bits per heavy atom. The second-order valence-electron chi connectivity index (χ2n) is 2.76. The van der Waals surface area contributed by atoms with Gasteiger partial charge in [-0.3, -0.25) is 4.57 Å². The monoisotopic (exact) mass is 198 g/mol. The highest BCUT2D eigenvalue weighted by Crippen LogP contribution is 1.95. The lowest BCUT2D eigenvalue weighted by atomic mass is 10.3. The lowest BCUT2D eigenvalue weighted by molar-refractivity contribution is 0.0595. The van der Waals surface area contributed by atoms with Crippen LogP contribution in [-0.2, 0) is 11.3 Å². The Morgan fingerprint density at radius 2 is 2.50 bits per heavy atom. The van der Waals surface area contributed by atoms with Crippen LogP contribution < -0.4 is 11.4 Å². The molecule has 1 rings (SSSR count). The molecule has 0 aliphatic rings. The normalized spacial score (nSPS) is 12.7. The molecule has 0 aliphatic carbocycles. The molecule has 6 nitrogen and oxygen atoms in total. The Kier molecular flexibility index (Phi) is 3.61. The first-order valence-corrected chi connectivity index (χ1v) is 4.02. The van der Waals surface area contributed by atoms with Gasteiger partial charge < -0.3 is 15.6 Å². The van der Waals surface area contributed by atoms with Crippen molar-refractivity contribution in [2.75, 3.05) is 12.3 Å². The summed E-state index contributed by atoms with van der Waals surface area (Å²) in [5, 5.41) is 8.81. The maximum atomic E-state index is 11.2. The number of nitrogens with two attached hydrogens (primary N) is 1. The van der Waals surface area contributed by atoms with Gasteiger partial charge >= 0.3 is 5.69 Å². The van der Waals surface area contributed by atoms with Gasteiger partial charge in [0.25, 0.3) is 0 Å². The first-order chi connectivity index (χ1) is 6.67. The highest BCUT2D eigenvalue weighted by molar-refractivity contribution is 5.23. The highest BCUT2D eigenvalue weighted by atomic mass is 16.5. The van der Waals surface area contributed by atoms with Crippen molar-refractivity contribution >= 4 is 5.82 Å². The molecule has 3 N–H and O–H groups in total. The first kappa shape index (κ1) is 10.7. The fourth-order valence-corrected chi connectivity index (χ4v) is 0.964. The molecule has 0 saturated heterocycles. The van der Waals surface area contributed by atoms with E-state index >= 15 is 0 Å². The predicted molar refractivity (Wildman–Crippen MR) is 50.2 cm³/mol. The van der Waals surface area contributed by atoms with Crippen molar-refractivity contribution in [3.05, 3.63) is 29.9 Å². The van der Waals surface area contributed by atoms with Crippen molar-refractivity contribution in [1.29, 1.82) is 0 Å². The minimum Gasteiger partial charge on any atom is -0.394 e. The molecule has 0 spiro atoms. The molecule has 1 radical (unpaired) electrons. The molecule has 14 heavy (non-hydrogen) atoms. The van der Waals surface area contributed by atoms with Crippen LogP contribution in [0.25, 0.3) is 0 Å². The van der Waals surface area contributed by atoms with E-state index in [1.807, 2.05) is 0 Å². The predicted octanol–water partition coefficient (Wildman–Crippen LogP) is -1.01. The average Bonchev–Trinajstić information content (AvgIpc) is 2.17. The summed E-state index contributed by atoms with van der Waals surface area (Å²) in [4.78, 5) is 14.7. The molecular formula is C8H12N3O3. The number of nitrogen functional groups attached to an aromatic ring is 1. The number of ether oxygens (including phenoxy) is 1. The van der Waals surface area contributed by atoms with Crippen molar-refractivity contribution in [2.24, 2.45) is 0 Å². The molecule has 0 amide bonds. The van der Waals surface area contributed by atoms with Crippen molar-refractivity contribution in [3.8, 4) is 0 Å². The standard InChI is InChI=1S/C8H12N3O3/c1-14-6(5-12)4-11-3-2-7(9)10-8(11)13/h2-3,6,12H,1,4-5H2,(H2,9,10,13). The van der Waals surface area contributed by atoms with Crippen LogP contribution in [-0.4, -0.2) is 27.4 Å². The lowest BCUT2D eigenvalue weighted by Crippen LogP contribution is -2.30. The van der Waals surface area contributed by atoms with Crippen LogP contribution in [0.1, 0.15) is 0 Å². The Hall–Kier alpha value is -1.40. The molecule has 1 aromatic heterocycles. The number of anilines is 1. The third-order valence-corrected chi connectivity index (χ3v) is 1.74. The fraction of sp³-hybridized carbons (Fsp3) is 0.375. The summed E-state index contributed by atoms with van der Waals surface area (Å²) in [6.45, 7) is -0.00751. The second-order valence-corrected chi connectivity index (χ2v) is 2.76. The van der Waals surface area contributed by atoms with Crippen molar-refractivity contribution in [1.82, 2.24) is 9.55 Å². The number of aliphatic hydroxyl groups is 1. The molecule has 6 heteroatoms. The molecule has 1 aromatic rings. The average molecular weight is 198 g/mol. The fourth-order valence-electron chi connectivity index (χ4n) is 0.964. The van der Waals surface area contributed by atoms with Crippen molar-refractivity contribution in [2.45, 2.75) is 12.6 Å². The summed E-state index contributed by atoms with van der Waals surface area (Å²) in [6.07, 6.45) is 0.977. The summed E-state index contributed by atoms with van der Waals surface area (Å²) in [5.41, 5.74) is 4.83. The van der Waals surface area contributed by atoms with E-state index < -0.39 is 11.8 Å². The molecule has 0 saturated carbocycles. The Bertz CT molecular complexity index is 346. The van der Waals surface area contributed by atoms with Gasteiger partial charge in [-0.25, -0.2) is 4.79 Å². The van der Waals surface area contributed by atoms with Gasteiger partial charge in [-0.05, 0) is 6.07 Å². The molecule has 1 heterocycles. The number of nitrogens with zero attached hydrogens (tertiary/aromatic N) is 2. The third-order valence-electron chi connectivity index (χ3n) is 1.74. The number of rotatable bonds is 4. The summed E-state index contributed by atoms with van der Waals surface area (Å²) >= 11 is 0. The van der Waals surface area contributed by atoms with E-state index in [0.29, 0.717) is 0 Å². The number of aromatic nitrogens is 2. The van der Waals surface area contributed by atoms with E-state index in [9.17, 15) is 4.79 Å². The topological polar surface area (TPSA) is 90.4 Å². The Morgan fingerprint density at radius 3 is 3.00 bits per heavy atom. The molecule has 77 valence electrons. The van der Waals surface area contributed by atoms with Crippen LogP contribution in [0, 0.1) is 7.11 Å². The van der Waals surface area contributed by atoms with Gasteiger partial charge in [0.05, 0.1) is 26.4 Å². The van der Waals surface area contributed by atoms with E-state index in [4.69, 9.17) is 10.8 Å². The van der Waals surface area contributed by atoms with Crippen LogP contribution in [0.2, 0.25) is 0 Å². The molecule has 0 bridgehead atoms. The van der Waals surface area contributed by atoms with Gasteiger partial charge in [0.2, 0.25) is 0 Å². The molecule has 0 fully saturated rings. The number of hydrogen-bond acceptors (Lipinski definition) is 5. The van der Waals surface area contributed by atoms with Gasteiger partial charge in [-0.2, -0.15) is 4.98 Å². The SMILES string of the molecule is [CH2]OC(CO)Cn1ccc(N)nc1=O. The minimum absolute atomic E-state index is 0.169. The summed E-state index contributed by atoms with van der Waals surface area (Å²) in [5.74, 6) is 0.169. The molecule has 1 atom stereocenters. The lowest BCUT2D eigenvalue weighted by Gasteiger charge is -2.12. The highest BCUT2D eigenvalue weighted by Gasteiger charge is 2.07. The Balaban J connectivity index is 2.81. The molecule has 0 aliphatic heterocycles. The van der Waals surface area contributed by atoms with Crippen LogP contribution in [0.3, 0.4) is 0 Å². The molecular weight excluding hydrogens is 186 g/mol. The second kappa shape index (κ2) is 4.73. The quantitative estimate of drug-likeness (QED) is 0.647. The summed E-state index contributed by atoms with van der Waals surface area (Å²) in [7, 11) is 3.18. The Labute approximate surface area is 80.9 Å². The van der Waals surface area contributed by atoms with Gasteiger partial charge in [0.1, 0.15) is 5.82 Å². The number of hydrogen-bond donors (Lipinski definition) is 2. The zero-order valence-electron chi connectivity index (χ0n) is 7.59. The van der Waals surface area contributed by atoms with Crippen LogP contribution in [0.15, 0.2) is 17.1 Å². The zero-order valence-corrected chi connectivity index (χ0v) is 7.59. The number of aliphatic hydroxyl groups excluding tert-OH is 1. The maximum Gasteiger partial charge on any atom is 0.349 e. The van der Waals surface area contributed by atoms with Crippen LogP contribution >= 0.6 is 0 Å². The minimum atomic E-state index is -0.516. The van der Waals surface area contributed by atoms with Crippen molar-refractivity contribution < 1.29 is 9.84 Å². The van der Waals surface area contributed by atoms with Gasteiger partial charge in [-0.15, -0.1) is 0 Å². The van der Waals surface area contributed by atoms with Gasteiger partial charge in [0.15, 0.2) is 0 Å². The summed E-state index contributed by atoms with van der Waals surface area (Å²) in [6, 6.07) is 1.50. The van der Waals surface area contributed by atoms with E-state index in [1.54, 1.807) is 0 Å². The van der Waals surface area contributed by atoms with Crippen LogP contribution in [0.4, 0.5) is 5.82 Å². The van der Waals surface area contributed by atoms with Crippen molar-refractivity contribution in [3.63, 3.8) is 0 Å². The third kappa shape index (κ3) is 2.54. The van der Waals surface area contributed by atoms with Gasteiger partial charge in [-0.1, -0.05) is 0 Å². The van der Waals surface area contributed by atoms with Crippen LogP contribution in [0.5, 0.6) is 0 Å². The smallest absolute Gasteiger partial charge is 0.349 e.